The van der Waals surface area contributed by atoms with E-state index in [2.05, 4.69) is 6.92 Å². The van der Waals surface area contributed by atoms with Crippen molar-refractivity contribution in [1.82, 2.24) is 0 Å². The molecule has 0 radical (unpaired) electrons. The van der Waals surface area contributed by atoms with Gasteiger partial charge in [-0.15, -0.1) is 0 Å². The van der Waals surface area contributed by atoms with Crippen LogP contribution >= 0.6 is 0 Å². The number of unbranched alkanes of at least 4 members (excludes halogenated alkanes) is 2. The van der Waals surface area contributed by atoms with E-state index < -0.39 is 0 Å². The molecule has 0 aromatic heterocycles. The molecule has 2 saturated heterocycles. The first-order valence-corrected chi connectivity index (χ1v) is 5.69. The molecule has 3 atom stereocenters. The van der Waals surface area contributed by atoms with Gasteiger partial charge in [0.05, 0.1) is 12.2 Å². The maximum atomic E-state index is 6.36. The van der Waals surface area contributed by atoms with Gasteiger partial charge in [0, 0.05) is 5.54 Å². The third kappa shape index (κ3) is 1.75. The standard InChI is InChI=1S/C11H21NO/c1-2-3-4-7-11(12)8-9-5-6-10(11)13-9/h9-10H,2-8,12H2,1H3. The summed E-state index contributed by atoms with van der Waals surface area (Å²) >= 11 is 0. The molecule has 0 spiro atoms. The molecule has 0 aromatic rings. The zero-order chi connectivity index (χ0) is 9.31. The second-order valence-corrected chi connectivity index (χ2v) is 4.72. The van der Waals surface area contributed by atoms with Crippen molar-refractivity contribution in [2.45, 2.75) is 69.6 Å². The number of rotatable bonds is 4. The maximum absolute atomic E-state index is 6.36. The molecule has 2 fully saturated rings. The van der Waals surface area contributed by atoms with Crippen molar-refractivity contribution in [3.05, 3.63) is 0 Å². The molecule has 2 rings (SSSR count). The Morgan fingerprint density at radius 1 is 1.38 bits per heavy atom. The van der Waals surface area contributed by atoms with Crippen LogP contribution in [0.3, 0.4) is 0 Å². The smallest absolute Gasteiger partial charge is 0.0760 e. The summed E-state index contributed by atoms with van der Waals surface area (Å²) in [6.45, 7) is 2.24. The summed E-state index contributed by atoms with van der Waals surface area (Å²) in [5.41, 5.74) is 6.40. The second kappa shape index (κ2) is 3.58. The van der Waals surface area contributed by atoms with Crippen molar-refractivity contribution in [3.8, 4) is 0 Å². The van der Waals surface area contributed by atoms with Crippen LogP contribution in [0.2, 0.25) is 0 Å². The van der Waals surface area contributed by atoms with Crippen LogP contribution in [0.4, 0.5) is 0 Å². The molecule has 2 aliphatic heterocycles. The van der Waals surface area contributed by atoms with Crippen molar-refractivity contribution in [2.24, 2.45) is 5.73 Å². The Bertz CT molecular complexity index is 183. The Balaban J connectivity index is 1.83. The van der Waals surface area contributed by atoms with E-state index in [0.29, 0.717) is 12.2 Å². The normalized spacial score (nSPS) is 42.9. The highest BCUT2D eigenvalue weighted by Crippen LogP contribution is 2.42. The van der Waals surface area contributed by atoms with Crippen LogP contribution in [0, 0.1) is 0 Å². The molecule has 76 valence electrons. The van der Waals surface area contributed by atoms with Crippen LogP contribution in [-0.4, -0.2) is 17.7 Å². The third-order valence-corrected chi connectivity index (χ3v) is 3.60. The van der Waals surface area contributed by atoms with Gasteiger partial charge in [-0.3, -0.25) is 0 Å². The minimum atomic E-state index is 0.0398. The van der Waals surface area contributed by atoms with E-state index in [0.717, 1.165) is 6.42 Å². The summed E-state index contributed by atoms with van der Waals surface area (Å²) in [5, 5.41) is 0. The first kappa shape index (κ1) is 9.47. The van der Waals surface area contributed by atoms with Crippen LogP contribution in [-0.2, 0) is 4.74 Å². The van der Waals surface area contributed by atoms with E-state index in [-0.39, 0.29) is 5.54 Å². The summed E-state index contributed by atoms with van der Waals surface area (Å²) < 4.78 is 5.79. The SMILES string of the molecule is CCCCCC1(N)CC2CCC1O2. The Labute approximate surface area is 80.8 Å². The molecule has 2 aliphatic rings. The van der Waals surface area contributed by atoms with Crippen LogP contribution in [0.5, 0.6) is 0 Å². The molecule has 2 N–H and O–H groups in total. The van der Waals surface area contributed by atoms with E-state index in [1.54, 1.807) is 0 Å². The van der Waals surface area contributed by atoms with Crippen LogP contribution in [0.15, 0.2) is 0 Å². The average Bonchev–Trinajstić information content (AvgIpc) is 2.64. The largest absolute Gasteiger partial charge is 0.373 e. The van der Waals surface area contributed by atoms with Gasteiger partial charge in [-0.2, -0.15) is 0 Å². The molecule has 2 bridgehead atoms. The second-order valence-electron chi connectivity index (χ2n) is 4.72. The monoisotopic (exact) mass is 183 g/mol. The highest BCUT2D eigenvalue weighted by atomic mass is 16.5. The van der Waals surface area contributed by atoms with E-state index in [4.69, 9.17) is 10.5 Å². The molecule has 2 heteroatoms. The highest BCUT2D eigenvalue weighted by Gasteiger charge is 2.49. The highest BCUT2D eigenvalue weighted by molar-refractivity contribution is 5.04. The van der Waals surface area contributed by atoms with Crippen molar-refractivity contribution in [2.75, 3.05) is 0 Å². The van der Waals surface area contributed by atoms with Crippen LogP contribution in [0.1, 0.15) is 51.9 Å². The molecule has 3 unspecified atom stereocenters. The average molecular weight is 183 g/mol. The summed E-state index contributed by atoms with van der Waals surface area (Å²) in [7, 11) is 0. The zero-order valence-electron chi connectivity index (χ0n) is 8.59. The minimum Gasteiger partial charge on any atom is -0.373 e. The first-order chi connectivity index (χ1) is 6.24. The summed E-state index contributed by atoms with van der Waals surface area (Å²) in [6.07, 6.45) is 9.49. The van der Waals surface area contributed by atoms with Gasteiger partial charge in [-0.05, 0) is 25.7 Å². The van der Waals surface area contributed by atoms with Gasteiger partial charge in [-0.1, -0.05) is 26.2 Å². The number of hydrogen-bond donors (Lipinski definition) is 1. The topological polar surface area (TPSA) is 35.2 Å². The molecule has 0 amide bonds. The minimum absolute atomic E-state index is 0.0398. The lowest BCUT2D eigenvalue weighted by Crippen LogP contribution is -2.48. The van der Waals surface area contributed by atoms with Crippen molar-refractivity contribution < 1.29 is 4.74 Å². The molecular weight excluding hydrogens is 162 g/mol. The lowest BCUT2D eigenvalue weighted by Gasteiger charge is -2.31. The fraction of sp³-hybridized carbons (Fsp3) is 1.00. The lowest BCUT2D eigenvalue weighted by atomic mass is 9.79. The lowest BCUT2D eigenvalue weighted by molar-refractivity contribution is 0.0832. The van der Waals surface area contributed by atoms with Crippen LogP contribution < -0.4 is 5.73 Å². The van der Waals surface area contributed by atoms with E-state index >= 15 is 0 Å². The fourth-order valence-corrected chi connectivity index (χ4v) is 2.80. The fourth-order valence-electron chi connectivity index (χ4n) is 2.80. The Kier molecular flexibility index (Phi) is 2.61. The van der Waals surface area contributed by atoms with Crippen molar-refractivity contribution in [1.29, 1.82) is 0 Å². The number of nitrogens with two attached hydrogens (primary N) is 1. The van der Waals surface area contributed by atoms with Gasteiger partial charge in [0.15, 0.2) is 0 Å². The maximum Gasteiger partial charge on any atom is 0.0760 e. The van der Waals surface area contributed by atoms with Gasteiger partial charge in [0.1, 0.15) is 0 Å². The molecule has 0 aliphatic carbocycles. The van der Waals surface area contributed by atoms with Crippen molar-refractivity contribution >= 4 is 0 Å². The van der Waals surface area contributed by atoms with Gasteiger partial charge in [0.2, 0.25) is 0 Å². The van der Waals surface area contributed by atoms with Gasteiger partial charge < -0.3 is 10.5 Å². The predicted molar refractivity (Wildman–Crippen MR) is 53.6 cm³/mol. The zero-order valence-corrected chi connectivity index (χ0v) is 8.59. The summed E-state index contributed by atoms with van der Waals surface area (Å²) in [5.74, 6) is 0. The first-order valence-electron chi connectivity index (χ1n) is 5.69. The third-order valence-electron chi connectivity index (χ3n) is 3.60. The molecule has 0 aromatic carbocycles. The number of hydrogen-bond acceptors (Lipinski definition) is 2. The van der Waals surface area contributed by atoms with Crippen LogP contribution in [0.25, 0.3) is 0 Å². The van der Waals surface area contributed by atoms with Crippen molar-refractivity contribution in [3.63, 3.8) is 0 Å². The summed E-state index contributed by atoms with van der Waals surface area (Å²) in [6, 6.07) is 0. The molecular formula is C11H21NO. The van der Waals surface area contributed by atoms with E-state index in [1.807, 2.05) is 0 Å². The Morgan fingerprint density at radius 2 is 2.23 bits per heavy atom. The van der Waals surface area contributed by atoms with Gasteiger partial charge >= 0.3 is 0 Å². The van der Waals surface area contributed by atoms with E-state index in [1.165, 1.54) is 38.5 Å². The Hall–Kier alpha value is -0.0800. The molecule has 2 heterocycles. The number of ether oxygens (including phenoxy) is 1. The van der Waals surface area contributed by atoms with Gasteiger partial charge in [-0.25, -0.2) is 0 Å². The van der Waals surface area contributed by atoms with E-state index in [9.17, 15) is 0 Å². The summed E-state index contributed by atoms with van der Waals surface area (Å²) in [4.78, 5) is 0. The molecule has 0 saturated carbocycles. The molecule has 2 nitrogen and oxygen atoms in total. The predicted octanol–water partition coefficient (Wildman–Crippen LogP) is 2.22. The number of fused-ring (bicyclic) bond motifs is 2. The molecule has 13 heavy (non-hydrogen) atoms. The quantitative estimate of drug-likeness (QED) is 0.678. The van der Waals surface area contributed by atoms with Gasteiger partial charge in [0.25, 0.3) is 0 Å². The Morgan fingerprint density at radius 3 is 2.77 bits per heavy atom.